The van der Waals surface area contributed by atoms with Gasteiger partial charge in [0.25, 0.3) is 5.91 Å². The minimum absolute atomic E-state index is 0.0242. The summed E-state index contributed by atoms with van der Waals surface area (Å²) in [6.45, 7) is 2.70. The molecule has 1 N–H and O–H groups in total. The zero-order valence-corrected chi connectivity index (χ0v) is 11.2. The standard InChI is InChI=1S/C13H20N4O/c1-9-7-11(16-13(14-2)15-9)12(18)17(3)8-10-5-4-6-10/h7,10H,4-6,8H2,1-3H3,(H,14,15,16). The van der Waals surface area contributed by atoms with E-state index in [1.165, 1.54) is 19.3 Å². The van der Waals surface area contributed by atoms with E-state index in [0.717, 1.165) is 12.2 Å². The smallest absolute Gasteiger partial charge is 0.272 e. The topological polar surface area (TPSA) is 58.1 Å². The lowest BCUT2D eigenvalue weighted by Gasteiger charge is -2.30. The zero-order chi connectivity index (χ0) is 13.1. The normalized spacial score (nSPS) is 15.1. The van der Waals surface area contributed by atoms with Crippen LogP contribution in [0.25, 0.3) is 0 Å². The van der Waals surface area contributed by atoms with Gasteiger partial charge in [-0.15, -0.1) is 0 Å². The van der Waals surface area contributed by atoms with Crippen molar-refractivity contribution >= 4 is 11.9 Å². The summed E-state index contributed by atoms with van der Waals surface area (Å²) < 4.78 is 0. The van der Waals surface area contributed by atoms with Gasteiger partial charge < -0.3 is 10.2 Å². The Morgan fingerprint density at radius 2 is 2.22 bits per heavy atom. The van der Waals surface area contributed by atoms with Gasteiger partial charge >= 0.3 is 0 Å². The van der Waals surface area contributed by atoms with Crippen LogP contribution in [0.15, 0.2) is 6.07 Å². The number of carbonyl (C=O) groups is 1. The summed E-state index contributed by atoms with van der Waals surface area (Å²) in [5.74, 6) is 1.14. The van der Waals surface area contributed by atoms with E-state index in [0.29, 0.717) is 17.6 Å². The molecular formula is C13H20N4O. The van der Waals surface area contributed by atoms with Crippen molar-refractivity contribution in [2.75, 3.05) is 26.0 Å². The molecule has 2 rings (SSSR count). The van der Waals surface area contributed by atoms with E-state index in [1.807, 2.05) is 14.0 Å². The van der Waals surface area contributed by atoms with E-state index < -0.39 is 0 Å². The van der Waals surface area contributed by atoms with Crippen molar-refractivity contribution in [1.82, 2.24) is 14.9 Å². The lowest BCUT2D eigenvalue weighted by Crippen LogP contribution is -2.34. The fraction of sp³-hybridized carbons (Fsp3) is 0.615. The number of nitrogens with one attached hydrogen (secondary N) is 1. The number of anilines is 1. The molecule has 0 bridgehead atoms. The van der Waals surface area contributed by atoms with E-state index in [4.69, 9.17) is 0 Å². The molecular weight excluding hydrogens is 228 g/mol. The average Bonchev–Trinajstić information content (AvgIpc) is 2.31. The van der Waals surface area contributed by atoms with Crippen molar-refractivity contribution in [3.63, 3.8) is 0 Å². The molecule has 0 atom stereocenters. The molecule has 0 spiro atoms. The largest absolute Gasteiger partial charge is 0.357 e. The van der Waals surface area contributed by atoms with Gasteiger partial charge in [-0.05, 0) is 31.7 Å². The summed E-state index contributed by atoms with van der Waals surface area (Å²) in [7, 11) is 3.60. The number of hydrogen-bond acceptors (Lipinski definition) is 4. The molecule has 0 unspecified atom stereocenters. The molecule has 0 radical (unpaired) electrons. The second-order valence-electron chi connectivity index (χ2n) is 4.95. The molecule has 1 heterocycles. The highest BCUT2D eigenvalue weighted by Crippen LogP contribution is 2.27. The molecule has 1 saturated carbocycles. The molecule has 5 nitrogen and oxygen atoms in total. The van der Waals surface area contributed by atoms with Gasteiger partial charge in [0.05, 0.1) is 0 Å². The second-order valence-corrected chi connectivity index (χ2v) is 4.95. The van der Waals surface area contributed by atoms with Crippen LogP contribution < -0.4 is 5.32 Å². The van der Waals surface area contributed by atoms with Gasteiger partial charge in [0.15, 0.2) is 0 Å². The SMILES string of the molecule is CNc1nc(C)cc(C(=O)N(C)CC2CCC2)n1. The Bertz CT molecular complexity index is 443. The zero-order valence-electron chi connectivity index (χ0n) is 11.2. The van der Waals surface area contributed by atoms with Gasteiger partial charge in [-0.3, -0.25) is 4.79 Å². The Morgan fingerprint density at radius 1 is 1.50 bits per heavy atom. The lowest BCUT2D eigenvalue weighted by molar-refractivity contribution is 0.0739. The fourth-order valence-electron chi connectivity index (χ4n) is 2.13. The van der Waals surface area contributed by atoms with Crippen molar-refractivity contribution in [1.29, 1.82) is 0 Å². The summed E-state index contributed by atoms with van der Waals surface area (Å²) in [6, 6.07) is 1.74. The van der Waals surface area contributed by atoms with Crippen molar-refractivity contribution in [3.05, 3.63) is 17.5 Å². The molecule has 18 heavy (non-hydrogen) atoms. The van der Waals surface area contributed by atoms with E-state index in [1.54, 1.807) is 18.0 Å². The van der Waals surface area contributed by atoms with E-state index >= 15 is 0 Å². The molecule has 5 heteroatoms. The van der Waals surface area contributed by atoms with Crippen molar-refractivity contribution in [2.45, 2.75) is 26.2 Å². The highest BCUT2D eigenvalue weighted by molar-refractivity contribution is 5.92. The fourth-order valence-corrected chi connectivity index (χ4v) is 2.13. The van der Waals surface area contributed by atoms with Crippen LogP contribution in [0.4, 0.5) is 5.95 Å². The van der Waals surface area contributed by atoms with Gasteiger partial charge in [-0.2, -0.15) is 0 Å². The molecule has 0 aliphatic heterocycles. The van der Waals surface area contributed by atoms with Gasteiger partial charge in [-0.1, -0.05) is 6.42 Å². The Morgan fingerprint density at radius 3 is 2.78 bits per heavy atom. The first-order valence-corrected chi connectivity index (χ1v) is 6.39. The van der Waals surface area contributed by atoms with Crippen LogP contribution in [0.1, 0.15) is 35.4 Å². The van der Waals surface area contributed by atoms with Crippen molar-refractivity contribution < 1.29 is 4.79 Å². The number of nitrogens with zero attached hydrogens (tertiary/aromatic N) is 3. The number of hydrogen-bond donors (Lipinski definition) is 1. The summed E-state index contributed by atoms with van der Waals surface area (Å²) >= 11 is 0. The number of amides is 1. The molecule has 1 aromatic heterocycles. The first-order chi connectivity index (χ1) is 8.60. The van der Waals surface area contributed by atoms with Gasteiger partial charge in [-0.25, -0.2) is 9.97 Å². The number of carbonyl (C=O) groups excluding carboxylic acids is 1. The van der Waals surface area contributed by atoms with Crippen LogP contribution in [-0.4, -0.2) is 41.4 Å². The Balaban J connectivity index is 2.08. The average molecular weight is 248 g/mol. The van der Waals surface area contributed by atoms with Crippen LogP contribution in [-0.2, 0) is 0 Å². The molecule has 1 amide bonds. The molecule has 0 aromatic carbocycles. The third-order valence-corrected chi connectivity index (χ3v) is 3.40. The van der Waals surface area contributed by atoms with E-state index in [-0.39, 0.29) is 5.91 Å². The summed E-state index contributed by atoms with van der Waals surface area (Å²) in [4.78, 5) is 22.4. The predicted octanol–water partition coefficient (Wildman–Crippen LogP) is 1.70. The first kappa shape index (κ1) is 12.8. The van der Waals surface area contributed by atoms with Crippen LogP contribution >= 0.6 is 0 Å². The second kappa shape index (κ2) is 5.33. The maximum Gasteiger partial charge on any atom is 0.272 e. The summed E-state index contributed by atoms with van der Waals surface area (Å²) in [5.41, 5.74) is 1.27. The van der Waals surface area contributed by atoms with Crippen molar-refractivity contribution in [3.8, 4) is 0 Å². The highest BCUT2D eigenvalue weighted by atomic mass is 16.2. The Hall–Kier alpha value is -1.65. The molecule has 1 aromatic rings. The third-order valence-electron chi connectivity index (χ3n) is 3.40. The van der Waals surface area contributed by atoms with Crippen LogP contribution in [0.5, 0.6) is 0 Å². The minimum Gasteiger partial charge on any atom is -0.357 e. The van der Waals surface area contributed by atoms with E-state index in [9.17, 15) is 4.79 Å². The van der Waals surface area contributed by atoms with Crippen LogP contribution in [0.2, 0.25) is 0 Å². The molecule has 1 aliphatic rings. The highest BCUT2D eigenvalue weighted by Gasteiger charge is 2.23. The molecule has 1 aliphatic carbocycles. The van der Waals surface area contributed by atoms with Crippen LogP contribution in [0.3, 0.4) is 0 Å². The number of aromatic nitrogens is 2. The Labute approximate surface area is 108 Å². The Kier molecular flexibility index (Phi) is 3.79. The van der Waals surface area contributed by atoms with Crippen LogP contribution in [0, 0.1) is 12.8 Å². The summed E-state index contributed by atoms with van der Waals surface area (Å²) in [6.07, 6.45) is 3.77. The van der Waals surface area contributed by atoms with Gasteiger partial charge in [0.2, 0.25) is 5.95 Å². The monoisotopic (exact) mass is 248 g/mol. The molecule has 98 valence electrons. The third kappa shape index (κ3) is 2.78. The molecule has 0 saturated heterocycles. The lowest BCUT2D eigenvalue weighted by atomic mass is 9.85. The van der Waals surface area contributed by atoms with E-state index in [2.05, 4.69) is 15.3 Å². The summed E-state index contributed by atoms with van der Waals surface area (Å²) in [5, 5.41) is 2.87. The first-order valence-electron chi connectivity index (χ1n) is 6.39. The maximum atomic E-state index is 12.2. The maximum absolute atomic E-state index is 12.2. The number of rotatable bonds is 4. The van der Waals surface area contributed by atoms with Crippen molar-refractivity contribution in [2.24, 2.45) is 5.92 Å². The van der Waals surface area contributed by atoms with Gasteiger partial charge in [0.1, 0.15) is 5.69 Å². The number of aryl methyl sites for hydroxylation is 1. The minimum atomic E-state index is -0.0242. The van der Waals surface area contributed by atoms with Gasteiger partial charge in [0, 0.05) is 26.3 Å². The molecule has 1 fully saturated rings. The predicted molar refractivity (Wildman–Crippen MR) is 70.6 cm³/mol. The quantitative estimate of drug-likeness (QED) is 0.881.